The van der Waals surface area contributed by atoms with Crippen molar-refractivity contribution in [2.24, 2.45) is 5.73 Å². The third-order valence-corrected chi connectivity index (χ3v) is 3.37. The molecule has 0 bridgehead atoms. The van der Waals surface area contributed by atoms with Gasteiger partial charge in [-0.2, -0.15) is 11.3 Å². The smallest absolute Gasteiger partial charge is 0.248 e. The van der Waals surface area contributed by atoms with Crippen molar-refractivity contribution in [2.45, 2.75) is 13.0 Å². The molecule has 1 amide bonds. The van der Waals surface area contributed by atoms with E-state index in [2.05, 4.69) is 5.32 Å². The van der Waals surface area contributed by atoms with E-state index in [0.29, 0.717) is 0 Å². The molecule has 1 aromatic carbocycles. The number of hydrogen-bond acceptors (Lipinski definition) is 3. The lowest BCUT2D eigenvalue weighted by atomic mass is 10.1. The van der Waals surface area contributed by atoms with Crippen LogP contribution in [0.15, 0.2) is 35.0 Å². The molecule has 1 heterocycles. The lowest BCUT2D eigenvalue weighted by Gasteiger charge is -2.15. The van der Waals surface area contributed by atoms with Gasteiger partial charge in [0.15, 0.2) is 0 Å². The molecule has 0 saturated heterocycles. The van der Waals surface area contributed by atoms with Crippen molar-refractivity contribution in [2.75, 3.05) is 5.32 Å². The van der Waals surface area contributed by atoms with Crippen molar-refractivity contribution in [3.05, 3.63) is 52.0 Å². The van der Waals surface area contributed by atoms with Gasteiger partial charge < -0.3 is 11.1 Å². The standard InChI is InChI=1S/C13H13FN2OS/c1-8(10-4-5-18-7-10)16-12-6-9(13(15)17)2-3-11(12)14/h2-8,16H,1H3,(H2,15,17). The van der Waals surface area contributed by atoms with Crippen molar-refractivity contribution in [3.8, 4) is 0 Å². The molecule has 5 heteroatoms. The Morgan fingerprint density at radius 1 is 1.44 bits per heavy atom. The van der Waals surface area contributed by atoms with Gasteiger partial charge in [-0.25, -0.2) is 4.39 Å². The summed E-state index contributed by atoms with van der Waals surface area (Å²) < 4.78 is 13.6. The van der Waals surface area contributed by atoms with E-state index in [4.69, 9.17) is 5.73 Å². The normalized spacial score (nSPS) is 12.1. The highest BCUT2D eigenvalue weighted by atomic mass is 32.1. The highest BCUT2D eigenvalue weighted by Crippen LogP contribution is 2.24. The first kappa shape index (κ1) is 12.6. The molecule has 0 aliphatic heterocycles. The lowest BCUT2D eigenvalue weighted by molar-refractivity contribution is 0.100. The van der Waals surface area contributed by atoms with Gasteiger partial charge in [-0.3, -0.25) is 4.79 Å². The minimum absolute atomic E-state index is 0.0334. The molecule has 0 saturated carbocycles. The van der Waals surface area contributed by atoms with Crippen molar-refractivity contribution in [3.63, 3.8) is 0 Å². The Labute approximate surface area is 108 Å². The van der Waals surface area contributed by atoms with Gasteiger partial charge in [-0.1, -0.05) is 0 Å². The average Bonchev–Trinajstić information content (AvgIpc) is 2.85. The topological polar surface area (TPSA) is 55.1 Å². The minimum atomic E-state index is -0.568. The summed E-state index contributed by atoms with van der Waals surface area (Å²) in [4.78, 5) is 11.1. The second kappa shape index (κ2) is 5.18. The van der Waals surface area contributed by atoms with Crippen LogP contribution in [0.5, 0.6) is 0 Å². The van der Waals surface area contributed by atoms with Gasteiger partial charge in [0.05, 0.1) is 5.69 Å². The Bertz CT molecular complexity index is 554. The molecule has 0 fully saturated rings. The zero-order chi connectivity index (χ0) is 13.1. The number of hydrogen-bond donors (Lipinski definition) is 2. The Morgan fingerprint density at radius 3 is 2.83 bits per heavy atom. The fourth-order valence-electron chi connectivity index (χ4n) is 1.63. The van der Waals surface area contributed by atoms with Crippen molar-refractivity contribution < 1.29 is 9.18 Å². The number of primary amides is 1. The number of halogens is 1. The van der Waals surface area contributed by atoms with E-state index in [1.165, 1.54) is 18.2 Å². The molecule has 1 unspecified atom stereocenters. The summed E-state index contributed by atoms with van der Waals surface area (Å²) in [6, 6.07) is 5.98. The summed E-state index contributed by atoms with van der Waals surface area (Å²) in [6.45, 7) is 1.93. The van der Waals surface area contributed by atoms with E-state index in [-0.39, 0.29) is 17.3 Å². The largest absolute Gasteiger partial charge is 0.376 e. The predicted molar refractivity (Wildman–Crippen MR) is 71.3 cm³/mol. The fraction of sp³-hybridized carbons (Fsp3) is 0.154. The minimum Gasteiger partial charge on any atom is -0.376 e. The van der Waals surface area contributed by atoms with Crippen LogP contribution in [0.2, 0.25) is 0 Å². The Morgan fingerprint density at radius 2 is 2.22 bits per heavy atom. The van der Waals surface area contributed by atoms with Crippen LogP contribution in [0, 0.1) is 5.82 Å². The number of carbonyl (C=O) groups is 1. The van der Waals surface area contributed by atoms with Crippen LogP contribution < -0.4 is 11.1 Å². The second-order valence-corrected chi connectivity index (χ2v) is 4.76. The van der Waals surface area contributed by atoms with Crippen molar-refractivity contribution >= 4 is 22.9 Å². The van der Waals surface area contributed by atoms with Crippen molar-refractivity contribution in [1.29, 1.82) is 0 Å². The molecule has 2 aromatic rings. The first-order valence-corrected chi connectivity index (χ1v) is 6.40. The molecule has 94 valence electrons. The lowest BCUT2D eigenvalue weighted by Crippen LogP contribution is -2.13. The van der Waals surface area contributed by atoms with Crippen LogP contribution in [-0.4, -0.2) is 5.91 Å². The van der Waals surface area contributed by atoms with Crippen LogP contribution in [0.1, 0.15) is 28.9 Å². The molecular formula is C13H13FN2OS. The van der Waals surface area contributed by atoms with Crippen LogP contribution in [0.25, 0.3) is 0 Å². The first-order chi connectivity index (χ1) is 8.58. The van der Waals surface area contributed by atoms with Crippen LogP contribution >= 0.6 is 11.3 Å². The molecule has 0 spiro atoms. The molecule has 0 aliphatic carbocycles. The highest BCUT2D eigenvalue weighted by Gasteiger charge is 2.11. The maximum atomic E-state index is 13.6. The fourth-order valence-corrected chi connectivity index (χ4v) is 2.38. The molecule has 3 N–H and O–H groups in total. The Kier molecular flexibility index (Phi) is 3.62. The number of nitrogens with one attached hydrogen (secondary N) is 1. The van der Waals surface area contributed by atoms with Gasteiger partial charge in [-0.05, 0) is 47.5 Å². The third kappa shape index (κ3) is 2.68. The Hall–Kier alpha value is -1.88. The first-order valence-electron chi connectivity index (χ1n) is 5.46. The zero-order valence-electron chi connectivity index (χ0n) is 9.81. The number of thiophene rings is 1. The highest BCUT2D eigenvalue weighted by molar-refractivity contribution is 7.07. The molecule has 1 aromatic heterocycles. The summed E-state index contributed by atoms with van der Waals surface area (Å²) in [5, 5.41) is 6.99. The van der Waals surface area contributed by atoms with E-state index < -0.39 is 11.7 Å². The summed E-state index contributed by atoms with van der Waals surface area (Å²) >= 11 is 1.58. The van der Waals surface area contributed by atoms with Crippen LogP contribution in [-0.2, 0) is 0 Å². The number of anilines is 1. The maximum Gasteiger partial charge on any atom is 0.248 e. The molecule has 0 radical (unpaired) electrons. The summed E-state index contributed by atoms with van der Waals surface area (Å²) in [5.74, 6) is -0.969. The van der Waals surface area contributed by atoms with E-state index in [1.807, 2.05) is 23.8 Å². The van der Waals surface area contributed by atoms with E-state index in [1.54, 1.807) is 11.3 Å². The summed E-state index contributed by atoms with van der Waals surface area (Å²) in [6.07, 6.45) is 0. The zero-order valence-corrected chi connectivity index (χ0v) is 10.6. The van der Waals surface area contributed by atoms with Gasteiger partial charge in [0.1, 0.15) is 5.82 Å². The van der Waals surface area contributed by atoms with Gasteiger partial charge in [0, 0.05) is 11.6 Å². The number of amides is 1. The predicted octanol–water partition coefficient (Wildman–Crippen LogP) is 3.16. The van der Waals surface area contributed by atoms with Gasteiger partial charge in [-0.15, -0.1) is 0 Å². The average molecular weight is 264 g/mol. The second-order valence-electron chi connectivity index (χ2n) is 3.98. The molecule has 3 nitrogen and oxygen atoms in total. The van der Waals surface area contributed by atoms with Crippen LogP contribution in [0.3, 0.4) is 0 Å². The van der Waals surface area contributed by atoms with Crippen LogP contribution in [0.4, 0.5) is 10.1 Å². The molecule has 0 aliphatic rings. The summed E-state index contributed by atoms with van der Waals surface area (Å²) in [7, 11) is 0. The SMILES string of the molecule is CC(Nc1cc(C(N)=O)ccc1F)c1ccsc1. The van der Waals surface area contributed by atoms with Gasteiger partial charge in [0.25, 0.3) is 0 Å². The monoisotopic (exact) mass is 264 g/mol. The van der Waals surface area contributed by atoms with E-state index in [0.717, 1.165) is 5.56 Å². The quantitative estimate of drug-likeness (QED) is 0.891. The van der Waals surface area contributed by atoms with Crippen molar-refractivity contribution in [1.82, 2.24) is 0 Å². The number of carbonyl (C=O) groups excluding carboxylic acids is 1. The number of nitrogens with two attached hydrogens (primary N) is 1. The maximum absolute atomic E-state index is 13.6. The van der Waals surface area contributed by atoms with Gasteiger partial charge in [0.2, 0.25) is 5.91 Å². The molecule has 1 atom stereocenters. The van der Waals surface area contributed by atoms with Gasteiger partial charge >= 0.3 is 0 Å². The Balaban J connectivity index is 2.23. The van der Waals surface area contributed by atoms with E-state index in [9.17, 15) is 9.18 Å². The molecule has 18 heavy (non-hydrogen) atoms. The molecular weight excluding hydrogens is 251 g/mol. The van der Waals surface area contributed by atoms with E-state index >= 15 is 0 Å². The number of rotatable bonds is 4. The third-order valence-electron chi connectivity index (χ3n) is 2.67. The molecule has 2 rings (SSSR count). The summed E-state index contributed by atoms with van der Waals surface area (Å²) in [5.41, 5.74) is 6.81. The number of benzene rings is 1.